The minimum atomic E-state index is -0.438. The van der Waals surface area contributed by atoms with Crippen molar-refractivity contribution in [1.82, 2.24) is 20.3 Å². The Morgan fingerprint density at radius 1 is 0.857 bits per heavy atom. The minimum absolute atomic E-state index is 0.164. The van der Waals surface area contributed by atoms with Crippen molar-refractivity contribution in [1.29, 1.82) is 0 Å². The third kappa shape index (κ3) is 3.88. The fraction of sp³-hybridized carbons (Fsp3) is 0.105. The lowest BCUT2D eigenvalue weighted by Crippen LogP contribution is -2.15. The Balaban J connectivity index is 1.69. The van der Waals surface area contributed by atoms with Crippen molar-refractivity contribution < 1.29 is 13.8 Å². The highest BCUT2D eigenvalue weighted by atomic mass is 16.5. The molecule has 0 unspecified atom stereocenters. The lowest BCUT2D eigenvalue weighted by molar-refractivity contribution is 0.102. The summed E-state index contributed by atoms with van der Waals surface area (Å²) in [5, 5.41) is 13.3. The third-order valence-corrected chi connectivity index (χ3v) is 3.74. The zero-order valence-electron chi connectivity index (χ0n) is 15.1. The Morgan fingerprint density at radius 2 is 1.54 bits per heavy atom. The van der Waals surface area contributed by atoms with Gasteiger partial charge in [0.2, 0.25) is 0 Å². The number of aromatic nitrogens is 4. The van der Waals surface area contributed by atoms with Crippen LogP contribution in [0.1, 0.15) is 22.0 Å². The van der Waals surface area contributed by atoms with E-state index in [2.05, 4.69) is 30.9 Å². The Bertz CT molecular complexity index is 1120. The Kier molecular flexibility index (Phi) is 4.55. The quantitative estimate of drug-likeness (QED) is 0.541. The van der Waals surface area contributed by atoms with E-state index in [1.807, 2.05) is 30.3 Å². The molecule has 0 radical (unpaired) electrons. The van der Waals surface area contributed by atoms with Crippen LogP contribution in [0.5, 0.6) is 0 Å². The van der Waals surface area contributed by atoms with Crippen LogP contribution < -0.4 is 10.6 Å². The summed E-state index contributed by atoms with van der Waals surface area (Å²) in [4.78, 5) is 21.5. The molecule has 9 heteroatoms. The van der Waals surface area contributed by atoms with E-state index in [4.69, 9.17) is 9.05 Å². The van der Waals surface area contributed by atoms with Gasteiger partial charge in [0.1, 0.15) is 23.0 Å². The molecule has 140 valence electrons. The molecule has 0 saturated carbocycles. The molecule has 3 aromatic heterocycles. The van der Waals surface area contributed by atoms with Crippen LogP contribution in [0, 0.1) is 13.8 Å². The molecule has 28 heavy (non-hydrogen) atoms. The number of hydrogen-bond donors (Lipinski definition) is 2. The molecule has 0 atom stereocenters. The highest BCUT2D eigenvalue weighted by Gasteiger charge is 2.15. The molecule has 3 heterocycles. The van der Waals surface area contributed by atoms with Crippen molar-refractivity contribution in [2.45, 2.75) is 13.8 Å². The van der Waals surface area contributed by atoms with Crippen LogP contribution in [-0.4, -0.2) is 26.2 Å². The van der Waals surface area contributed by atoms with E-state index in [1.54, 1.807) is 26.0 Å². The molecule has 4 rings (SSSR count). The highest BCUT2D eigenvalue weighted by molar-refractivity contribution is 6.03. The summed E-state index contributed by atoms with van der Waals surface area (Å²) in [5.41, 5.74) is 0.936. The summed E-state index contributed by atoms with van der Waals surface area (Å²) in [6, 6.07) is 14.2. The van der Waals surface area contributed by atoms with Crippen molar-refractivity contribution in [3.8, 4) is 11.4 Å². The monoisotopic (exact) mass is 376 g/mol. The number of rotatable bonds is 5. The number of amides is 1. The molecule has 0 fully saturated rings. The van der Waals surface area contributed by atoms with Gasteiger partial charge in [-0.05, 0) is 13.8 Å². The lowest BCUT2D eigenvalue weighted by Gasteiger charge is -2.08. The van der Waals surface area contributed by atoms with Gasteiger partial charge in [-0.3, -0.25) is 4.79 Å². The second kappa shape index (κ2) is 7.31. The number of anilines is 3. The molecule has 0 aliphatic rings. The largest absolute Gasteiger partial charge is 0.360 e. The fourth-order valence-corrected chi connectivity index (χ4v) is 2.51. The number of carbonyl (C=O) groups is 1. The van der Waals surface area contributed by atoms with Crippen molar-refractivity contribution in [2.75, 3.05) is 10.6 Å². The summed E-state index contributed by atoms with van der Waals surface area (Å²) < 4.78 is 10.0. The number of nitrogens with one attached hydrogen (secondary N) is 2. The van der Waals surface area contributed by atoms with E-state index in [0.717, 1.165) is 5.56 Å². The molecule has 1 amide bonds. The Hall–Kier alpha value is -4.01. The summed E-state index contributed by atoms with van der Waals surface area (Å²) in [6.07, 6.45) is 0. The number of carbonyl (C=O) groups excluding carboxylic acids is 1. The van der Waals surface area contributed by atoms with Gasteiger partial charge >= 0.3 is 0 Å². The van der Waals surface area contributed by atoms with Crippen molar-refractivity contribution in [3.05, 3.63) is 65.7 Å². The second-order valence-corrected chi connectivity index (χ2v) is 6.05. The normalized spacial score (nSPS) is 10.6. The smallest absolute Gasteiger partial charge is 0.275 e. The Labute approximate surface area is 159 Å². The maximum atomic E-state index is 12.7. The molecule has 0 aliphatic heterocycles. The van der Waals surface area contributed by atoms with Crippen molar-refractivity contribution in [2.24, 2.45) is 0 Å². The van der Waals surface area contributed by atoms with Gasteiger partial charge in [0, 0.05) is 23.8 Å². The van der Waals surface area contributed by atoms with Crippen LogP contribution in [0.4, 0.5) is 17.5 Å². The van der Waals surface area contributed by atoms with E-state index in [9.17, 15) is 4.79 Å². The first-order valence-corrected chi connectivity index (χ1v) is 8.46. The first kappa shape index (κ1) is 17.4. The Morgan fingerprint density at radius 3 is 2.18 bits per heavy atom. The summed E-state index contributed by atoms with van der Waals surface area (Å²) in [5.74, 6) is 2.40. The molecular formula is C19H16N6O3. The van der Waals surface area contributed by atoms with E-state index in [1.165, 1.54) is 6.07 Å². The second-order valence-electron chi connectivity index (χ2n) is 6.05. The van der Waals surface area contributed by atoms with Gasteiger partial charge in [-0.25, -0.2) is 9.97 Å². The van der Waals surface area contributed by atoms with E-state index < -0.39 is 5.91 Å². The molecule has 9 nitrogen and oxygen atoms in total. The third-order valence-electron chi connectivity index (χ3n) is 3.74. The number of hydrogen-bond acceptors (Lipinski definition) is 8. The van der Waals surface area contributed by atoms with Crippen molar-refractivity contribution >= 4 is 23.4 Å². The molecule has 4 aromatic rings. The molecule has 0 spiro atoms. The van der Waals surface area contributed by atoms with Gasteiger partial charge in [0.25, 0.3) is 5.91 Å². The predicted molar refractivity (Wildman–Crippen MR) is 101 cm³/mol. The lowest BCUT2D eigenvalue weighted by atomic mass is 10.2. The molecule has 2 N–H and O–H groups in total. The van der Waals surface area contributed by atoms with Crippen LogP contribution in [0.3, 0.4) is 0 Å². The average Bonchev–Trinajstić information content (AvgIpc) is 3.30. The van der Waals surface area contributed by atoms with Gasteiger partial charge in [-0.15, -0.1) is 0 Å². The predicted octanol–water partition coefficient (Wildman–Crippen LogP) is 3.73. The molecule has 1 aromatic carbocycles. The van der Waals surface area contributed by atoms with Crippen LogP contribution in [-0.2, 0) is 0 Å². The maximum Gasteiger partial charge on any atom is 0.275 e. The van der Waals surface area contributed by atoms with Crippen molar-refractivity contribution in [3.63, 3.8) is 0 Å². The summed E-state index contributed by atoms with van der Waals surface area (Å²) in [6.45, 7) is 3.52. The zero-order chi connectivity index (χ0) is 19.5. The SMILES string of the molecule is Cc1cc(NC(=O)c2cc(Nc3cc(C)on3)nc(-c3ccccc3)n2)no1. The van der Waals surface area contributed by atoms with Crippen LogP contribution in [0.25, 0.3) is 11.4 Å². The van der Waals surface area contributed by atoms with Gasteiger partial charge < -0.3 is 19.7 Å². The number of benzene rings is 1. The minimum Gasteiger partial charge on any atom is -0.360 e. The van der Waals surface area contributed by atoms with Crippen LogP contribution >= 0.6 is 0 Å². The fourth-order valence-electron chi connectivity index (χ4n) is 2.51. The maximum absolute atomic E-state index is 12.7. The highest BCUT2D eigenvalue weighted by Crippen LogP contribution is 2.21. The van der Waals surface area contributed by atoms with Gasteiger partial charge in [0.15, 0.2) is 17.5 Å². The summed E-state index contributed by atoms with van der Waals surface area (Å²) in [7, 11) is 0. The first-order valence-electron chi connectivity index (χ1n) is 8.46. The first-order chi connectivity index (χ1) is 13.6. The van der Waals surface area contributed by atoms with E-state index >= 15 is 0 Å². The molecule has 0 saturated heterocycles. The van der Waals surface area contributed by atoms with Gasteiger partial charge in [-0.2, -0.15) is 0 Å². The molecule has 0 bridgehead atoms. The van der Waals surface area contributed by atoms with Crippen LogP contribution in [0.15, 0.2) is 57.6 Å². The zero-order valence-corrected chi connectivity index (χ0v) is 15.1. The van der Waals surface area contributed by atoms with E-state index in [-0.39, 0.29) is 5.69 Å². The van der Waals surface area contributed by atoms with E-state index in [0.29, 0.717) is 34.8 Å². The van der Waals surface area contributed by atoms with Crippen LogP contribution in [0.2, 0.25) is 0 Å². The summed E-state index contributed by atoms with van der Waals surface area (Å²) >= 11 is 0. The molecular weight excluding hydrogens is 360 g/mol. The van der Waals surface area contributed by atoms with Gasteiger partial charge in [-0.1, -0.05) is 40.6 Å². The molecule has 0 aliphatic carbocycles. The van der Waals surface area contributed by atoms with Gasteiger partial charge in [0.05, 0.1) is 0 Å². The average molecular weight is 376 g/mol. The number of nitrogens with zero attached hydrogens (tertiary/aromatic N) is 4. The topological polar surface area (TPSA) is 119 Å². The number of aryl methyl sites for hydroxylation is 2. The standard InChI is InChI=1S/C19H16N6O3/c1-11-8-16(24-27-11)21-15-10-14(19(26)23-17-9-12(2)28-25-17)20-18(22-15)13-6-4-3-5-7-13/h3-10H,1-2H3,(H,23,25,26)(H,20,21,22,24).